The van der Waals surface area contributed by atoms with E-state index in [9.17, 15) is 0 Å². The van der Waals surface area contributed by atoms with Gasteiger partial charge in [0.25, 0.3) is 0 Å². The highest BCUT2D eigenvalue weighted by molar-refractivity contribution is 5.05. The summed E-state index contributed by atoms with van der Waals surface area (Å²) < 4.78 is 5.61. The van der Waals surface area contributed by atoms with Gasteiger partial charge < -0.3 is 9.73 Å². The first kappa shape index (κ1) is 12.7. The maximum absolute atomic E-state index is 5.61. The van der Waals surface area contributed by atoms with Gasteiger partial charge in [-0.15, -0.1) is 0 Å². The van der Waals surface area contributed by atoms with Crippen molar-refractivity contribution < 1.29 is 4.42 Å². The van der Waals surface area contributed by atoms with Gasteiger partial charge in [0.1, 0.15) is 11.5 Å². The minimum absolute atomic E-state index is 0.651. The van der Waals surface area contributed by atoms with Crippen molar-refractivity contribution in [3.05, 3.63) is 23.7 Å². The second-order valence-corrected chi connectivity index (χ2v) is 5.21. The molecule has 2 rings (SSSR count). The molecule has 17 heavy (non-hydrogen) atoms. The topological polar surface area (TPSA) is 28.4 Å². The van der Waals surface area contributed by atoms with Gasteiger partial charge in [-0.2, -0.15) is 0 Å². The SMILES string of the molecule is Cc1ccc(CN(C)CC2CCCCCN2)o1. The van der Waals surface area contributed by atoms with Crippen molar-refractivity contribution in [1.82, 2.24) is 10.2 Å². The van der Waals surface area contributed by atoms with Crippen LogP contribution in [0.3, 0.4) is 0 Å². The fraction of sp³-hybridized carbons (Fsp3) is 0.714. The number of aryl methyl sites for hydroxylation is 1. The zero-order valence-corrected chi connectivity index (χ0v) is 11.0. The highest BCUT2D eigenvalue weighted by Crippen LogP contribution is 2.12. The summed E-state index contributed by atoms with van der Waals surface area (Å²) in [5, 5.41) is 3.63. The van der Waals surface area contributed by atoms with Crippen LogP contribution < -0.4 is 5.32 Å². The molecule has 0 aliphatic carbocycles. The van der Waals surface area contributed by atoms with E-state index in [4.69, 9.17) is 4.42 Å². The molecule has 1 saturated heterocycles. The molecule has 3 heteroatoms. The molecular formula is C14H24N2O. The molecule has 0 bridgehead atoms. The molecule has 1 atom stereocenters. The van der Waals surface area contributed by atoms with E-state index in [1.54, 1.807) is 0 Å². The van der Waals surface area contributed by atoms with Gasteiger partial charge in [-0.3, -0.25) is 4.90 Å². The molecular weight excluding hydrogens is 212 g/mol. The summed E-state index contributed by atoms with van der Waals surface area (Å²) in [6.07, 6.45) is 5.38. The van der Waals surface area contributed by atoms with Crippen LogP contribution in [0.2, 0.25) is 0 Å². The van der Waals surface area contributed by atoms with Crippen LogP contribution in [0.4, 0.5) is 0 Å². The summed E-state index contributed by atoms with van der Waals surface area (Å²) >= 11 is 0. The Balaban J connectivity index is 1.77. The van der Waals surface area contributed by atoms with Crippen LogP contribution in [-0.2, 0) is 6.54 Å². The number of hydrogen-bond acceptors (Lipinski definition) is 3. The fourth-order valence-electron chi connectivity index (χ4n) is 2.53. The number of nitrogens with zero attached hydrogens (tertiary/aromatic N) is 1. The minimum Gasteiger partial charge on any atom is -0.465 e. The van der Waals surface area contributed by atoms with Gasteiger partial charge in [-0.05, 0) is 45.5 Å². The molecule has 3 nitrogen and oxygen atoms in total. The summed E-state index contributed by atoms with van der Waals surface area (Å²) in [5.41, 5.74) is 0. The maximum Gasteiger partial charge on any atom is 0.118 e. The number of likely N-dealkylation sites (N-methyl/N-ethyl adjacent to an activating group) is 1. The molecule has 2 heterocycles. The molecule has 1 unspecified atom stereocenters. The van der Waals surface area contributed by atoms with Crippen LogP contribution in [0.25, 0.3) is 0 Å². The largest absolute Gasteiger partial charge is 0.465 e. The Kier molecular flexibility index (Phi) is 4.63. The first-order valence-corrected chi connectivity index (χ1v) is 6.71. The summed E-state index contributed by atoms with van der Waals surface area (Å²) in [4.78, 5) is 2.35. The average Bonchev–Trinajstić information content (AvgIpc) is 2.53. The van der Waals surface area contributed by atoms with Crippen molar-refractivity contribution in [2.75, 3.05) is 20.1 Å². The fourth-order valence-corrected chi connectivity index (χ4v) is 2.53. The standard InChI is InChI=1S/C14H24N2O/c1-12-7-8-14(17-12)11-16(2)10-13-6-4-3-5-9-15-13/h7-8,13,15H,3-6,9-11H2,1-2H3. The van der Waals surface area contributed by atoms with Crippen molar-refractivity contribution in [2.24, 2.45) is 0 Å². The van der Waals surface area contributed by atoms with Crippen molar-refractivity contribution in [1.29, 1.82) is 0 Å². The lowest BCUT2D eigenvalue weighted by atomic mass is 10.1. The predicted molar refractivity (Wildman–Crippen MR) is 70.0 cm³/mol. The Hall–Kier alpha value is -0.800. The molecule has 1 aliphatic rings. The molecule has 0 amide bonds. The van der Waals surface area contributed by atoms with E-state index < -0.39 is 0 Å². The molecule has 0 radical (unpaired) electrons. The number of nitrogens with one attached hydrogen (secondary N) is 1. The molecule has 1 aromatic heterocycles. The first-order chi connectivity index (χ1) is 8.24. The molecule has 96 valence electrons. The summed E-state index contributed by atoms with van der Waals surface area (Å²) in [5.74, 6) is 2.07. The Morgan fingerprint density at radius 3 is 3.00 bits per heavy atom. The Morgan fingerprint density at radius 2 is 2.24 bits per heavy atom. The third kappa shape index (κ3) is 4.17. The number of hydrogen-bond donors (Lipinski definition) is 1. The normalized spacial score (nSPS) is 21.7. The number of rotatable bonds is 4. The van der Waals surface area contributed by atoms with E-state index >= 15 is 0 Å². The third-order valence-corrected chi connectivity index (χ3v) is 3.42. The highest BCUT2D eigenvalue weighted by atomic mass is 16.3. The summed E-state index contributed by atoms with van der Waals surface area (Å²) in [6, 6.07) is 4.76. The van der Waals surface area contributed by atoms with Crippen molar-refractivity contribution in [3.8, 4) is 0 Å². The van der Waals surface area contributed by atoms with Crippen LogP contribution in [0.15, 0.2) is 16.5 Å². The molecule has 1 N–H and O–H groups in total. The van der Waals surface area contributed by atoms with Crippen LogP contribution in [0.1, 0.15) is 37.2 Å². The second-order valence-electron chi connectivity index (χ2n) is 5.21. The molecule has 0 saturated carbocycles. The smallest absolute Gasteiger partial charge is 0.118 e. The van der Waals surface area contributed by atoms with Crippen LogP contribution >= 0.6 is 0 Å². The lowest BCUT2D eigenvalue weighted by molar-refractivity contribution is 0.256. The van der Waals surface area contributed by atoms with Crippen molar-refractivity contribution in [2.45, 2.75) is 45.2 Å². The zero-order valence-electron chi connectivity index (χ0n) is 11.0. The highest BCUT2D eigenvalue weighted by Gasteiger charge is 2.14. The quantitative estimate of drug-likeness (QED) is 0.871. The molecule has 1 fully saturated rings. The van der Waals surface area contributed by atoms with Gasteiger partial charge >= 0.3 is 0 Å². The van der Waals surface area contributed by atoms with Crippen molar-refractivity contribution in [3.63, 3.8) is 0 Å². The van der Waals surface area contributed by atoms with Gasteiger partial charge in [0.2, 0.25) is 0 Å². The second kappa shape index (κ2) is 6.22. The Bertz CT molecular complexity index is 327. The summed E-state index contributed by atoms with van der Waals surface area (Å²) in [7, 11) is 2.17. The van der Waals surface area contributed by atoms with E-state index in [0.717, 1.165) is 24.6 Å². The Labute approximate surface area is 104 Å². The molecule has 1 aliphatic heterocycles. The molecule has 0 aromatic carbocycles. The zero-order chi connectivity index (χ0) is 12.1. The van der Waals surface area contributed by atoms with Gasteiger partial charge in [0, 0.05) is 12.6 Å². The van der Waals surface area contributed by atoms with Gasteiger partial charge in [-0.25, -0.2) is 0 Å². The predicted octanol–water partition coefficient (Wildman–Crippen LogP) is 2.55. The van der Waals surface area contributed by atoms with Crippen LogP contribution in [-0.4, -0.2) is 31.1 Å². The lowest BCUT2D eigenvalue weighted by Gasteiger charge is -2.22. The summed E-state index contributed by atoms with van der Waals surface area (Å²) in [6.45, 7) is 5.19. The monoisotopic (exact) mass is 236 g/mol. The van der Waals surface area contributed by atoms with Gasteiger partial charge in [0.15, 0.2) is 0 Å². The van der Waals surface area contributed by atoms with Gasteiger partial charge in [-0.1, -0.05) is 12.8 Å². The van der Waals surface area contributed by atoms with E-state index in [-0.39, 0.29) is 0 Å². The average molecular weight is 236 g/mol. The van der Waals surface area contributed by atoms with E-state index in [1.165, 1.54) is 32.2 Å². The van der Waals surface area contributed by atoms with Gasteiger partial charge in [0.05, 0.1) is 6.54 Å². The van der Waals surface area contributed by atoms with E-state index in [1.807, 2.05) is 13.0 Å². The van der Waals surface area contributed by atoms with Crippen LogP contribution in [0.5, 0.6) is 0 Å². The molecule has 0 spiro atoms. The molecule has 1 aromatic rings. The lowest BCUT2D eigenvalue weighted by Crippen LogP contribution is -2.38. The Morgan fingerprint density at radius 1 is 1.35 bits per heavy atom. The van der Waals surface area contributed by atoms with E-state index in [2.05, 4.69) is 23.3 Å². The number of furan rings is 1. The van der Waals surface area contributed by atoms with Crippen molar-refractivity contribution >= 4 is 0 Å². The third-order valence-electron chi connectivity index (χ3n) is 3.42. The maximum atomic E-state index is 5.61. The first-order valence-electron chi connectivity index (χ1n) is 6.71. The van der Waals surface area contributed by atoms with E-state index in [0.29, 0.717) is 6.04 Å². The van der Waals surface area contributed by atoms with Crippen LogP contribution in [0, 0.1) is 6.92 Å². The minimum atomic E-state index is 0.651.